The van der Waals surface area contributed by atoms with Gasteiger partial charge in [-0.2, -0.15) is 0 Å². The van der Waals surface area contributed by atoms with Gasteiger partial charge in [0.15, 0.2) is 0 Å². The zero-order valence-electron chi connectivity index (χ0n) is 10.5. The quantitative estimate of drug-likeness (QED) is 0.772. The molecule has 3 aliphatic carbocycles. The van der Waals surface area contributed by atoms with Gasteiger partial charge in [-0.15, -0.1) is 0 Å². The third kappa shape index (κ3) is 2.16. The maximum Gasteiger partial charge on any atom is 0.00699 e. The molecule has 16 heavy (non-hydrogen) atoms. The molecule has 0 aromatic carbocycles. The Hall–Kier alpha value is -0.0400. The van der Waals surface area contributed by atoms with Gasteiger partial charge in [-0.05, 0) is 62.2 Å². The van der Waals surface area contributed by atoms with Gasteiger partial charge < -0.3 is 5.73 Å². The van der Waals surface area contributed by atoms with E-state index in [2.05, 4.69) is 0 Å². The summed E-state index contributed by atoms with van der Waals surface area (Å²) in [7, 11) is 0. The average Bonchev–Trinajstić information content (AvgIpc) is 2.92. The van der Waals surface area contributed by atoms with Crippen LogP contribution in [0.3, 0.4) is 0 Å². The number of nitrogens with two attached hydrogens (primary N) is 1. The predicted octanol–water partition coefficient (Wildman–Crippen LogP) is 3.72. The third-order valence-corrected chi connectivity index (χ3v) is 5.71. The molecule has 92 valence electrons. The van der Waals surface area contributed by atoms with Crippen LogP contribution in [0.1, 0.15) is 64.2 Å². The van der Waals surface area contributed by atoms with Crippen molar-refractivity contribution in [2.24, 2.45) is 29.4 Å². The molecule has 0 spiro atoms. The molecule has 0 aromatic heterocycles. The molecule has 3 aliphatic rings. The highest BCUT2D eigenvalue weighted by Crippen LogP contribution is 2.50. The first kappa shape index (κ1) is 11.1. The topological polar surface area (TPSA) is 26.0 Å². The molecule has 0 amide bonds. The summed E-state index contributed by atoms with van der Waals surface area (Å²) in [6.45, 7) is 0. The molecular formula is C15H27N. The second-order valence-corrected chi connectivity index (χ2v) is 6.73. The Bertz CT molecular complexity index is 232. The number of hydrogen-bond acceptors (Lipinski definition) is 1. The van der Waals surface area contributed by atoms with Gasteiger partial charge in [-0.1, -0.05) is 25.7 Å². The lowest BCUT2D eigenvalue weighted by atomic mass is 9.77. The first-order valence-electron chi connectivity index (χ1n) is 7.58. The van der Waals surface area contributed by atoms with Crippen molar-refractivity contribution in [2.75, 3.05) is 0 Å². The van der Waals surface area contributed by atoms with Gasteiger partial charge in [0.2, 0.25) is 0 Å². The van der Waals surface area contributed by atoms with Gasteiger partial charge in [0.05, 0.1) is 0 Å². The largest absolute Gasteiger partial charge is 0.327 e. The first-order chi connectivity index (χ1) is 7.83. The van der Waals surface area contributed by atoms with E-state index >= 15 is 0 Å². The predicted molar refractivity (Wildman–Crippen MR) is 68.1 cm³/mol. The summed E-state index contributed by atoms with van der Waals surface area (Å²) in [5.74, 6) is 4.04. The number of hydrogen-bond donors (Lipinski definition) is 1. The van der Waals surface area contributed by atoms with E-state index in [1.165, 1.54) is 57.8 Å². The van der Waals surface area contributed by atoms with E-state index < -0.39 is 0 Å². The van der Waals surface area contributed by atoms with E-state index in [9.17, 15) is 0 Å². The van der Waals surface area contributed by atoms with Crippen LogP contribution in [-0.4, -0.2) is 6.04 Å². The van der Waals surface area contributed by atoms with Gasteiger partial charge in [0, 0.05) is 6.04 Å². The lowest BCUT2D eigenvalue weighted by Crippen LogP contribution is -2.34. The fraction of sp³-hybridized carbons (Fsp3) is 1.00. The molecule has 4 unspecified atom stereocenters. The van der Waals surface area contributed by atoms with Crippen molar-refractivity contribution >= 4 is 0 Å². The molecular weight excluding hydrogens is 194 g/mol. The maximum atomic E-state index is 6.46. The Kier molecular flexibility index (Phi) is 3.24. The highest BCUT2D eigenvalue weighted by molar-refractivity contribution is 4.92. The van der Waals surface area contributed by atoms with Crippen LogP contribution in [0.4, 0.5) is 0 Å². The molecule has 1 heteroatoms. The molecule has 3 saturated carbocycles. The molecule has 0 aromatic rings. The lowest BCUT2D eigenvalue weighted by molar-refractivity contribution is 0.231. The lowest BCUT2D eigenvalue weighted by Gasteiger charge is -2.31. The molecule has 0 radical (unpaired) electrons. The van der Waals surface area contributed by atoms with Crippen LogP contribution >= 0.6 is 0 Å². The van der Waals surface area contributed by atoms with Crippen LogP contribution in [0, 0.1) is 23.7 Å². The molecule has 3 rings (SSSR count). The Morgan fingerprint density at radius 1 is 0.938 bits per heavy atom. The molecule has 0 aliphatic heterocycles. The van der Waals surface area contributed by atoms with Crippen LogP contribution in [0.25, 0.3) is 0 Å². The fourth-order valence-corrected chi connectivity index (χ4v) is 4.77. The summed E-state index contributed by atoms with van der Waals surface area (Å²) in [5, 5.41) is 0. The van der Waals surface area contributed by atoms with Crippen molar-refractivity contribution < 1.29 is 0 Å². The monoisotopic (exact) mass is 221 g/mol. The first-order valence-corrected chi connectivity index (χ1v) is 7.58. The van der Waals surface area contributed by atoms with Gasteiger partial charge in [0.25, 0.3) is 0 Å². The molecule has 0 heterocycles. The highest BCUT2D eigenvalue weighted by Gasteiger charge is 2.40. The van der Waals surface area contributed by atoms with Crippen LogP contribution in [0.5, 0.6) is 0 Å². The second-order valence-electron chi connectivity index (χ2n) is 6.73. The van der Waals surface area contributed by atoms with Gasteiger partial charge in [-0.25, -0.2) is 0 Å². The minimum absolute atomic E-state index is 0.532. The molecule has 2 bridgehead atoms. The molecule has 0 saturated heterocycles. The van der Waals surface area contributed by atoms with E-state index in [1.54, 1.807) is 6.42 Å². The van der Waals surface area contributed by atoms with Gasteiger partial charge >= 0.3 is 0 Å². The molecule has 4 atom stereocenters. The Labute approximate surface area is 100 Å². The Balaban J connectivity index is 1.50. The summed E-state index contributed by atoms with van der Waals surface area (Å²) in [6.07, 6.45) is 14.6. The standard InChI is InChI=1S/C15H27N/c16-15(12-4-2-1-3-5-12)10-14-9-11-6-7-13(14)8-11/h11-15H,1-10,16H2. The number of rotatable bonds is 3. The van der Waals surface area contributed by atoms with Crippen molar-refractivity contribution in [3.8, 4) is 0 Å². The van der Waals surface area contributed by atoms with E-state index in [0.717, 1.165) is 23.7 Å². The zero-order valence-corrected chi connectivity index (χ0v) is 10.5. The second kappa shape index (κ2) is 4.68. The van der Waals surface area contributed by atoms with E-state index in [1.807, 2.05) is 0 Å². The average molecular weight is 221 g/mol. The van der Waals surface area contributed by atoms with Crippen LogP contribution in [0.2, 0.25) is 0 Å². The zero-order chi connectivity index (χ0) is 11.0. The van der Waals surface area contributed by atoms with Crippen LogP contribution < -0.4 is 5.73 Å². The normalized spacial score (nSPS) is 41.4. The fourth-order valence-electron chi connectivity index (χ4n) is 4.77. The minimum Gasteiger partial charge on any atom is -0.327 e. The van der Waals surface area contributed by atoms with Gasteiger partial charge in [0.1, 0.15) is 0 Å². The summed E-state index contributed by atoms with van der Waals surface area (Å²) in [6, 6.07) is 0.532. The number of fused-ring (bicyclic) bond motifs is 2. The molecule has 1 nitrogen and oxygen atoms in total. The van der Waals surface area contributed by atoms with Crippen LogP contribution in [0.15, 0.2) is 0 Å². The van der Waals surface area contributed by atoms with E-state index in [4.69, 9.17) is 5.73 Å². The highest BCUT2D eigenvalue weighted by atomic mass is 14.7. The summed E-state index contributed by atoms with van der Waals surface area (Å²) >= 11 is 0. The smallest absolute Gasteiger partial charge is 0.00699 e. The Morgan fingerprint density at radius 3 is 2.38 bits per heavy atom. The van der Waals surface area contributed by atoms with E-state index in [0.29, 0.717) is 6.04 Å². The summed E-state index contributed by atoms with van der Waals surface area (Å²) in [5.41, 5.74) is 6.46. The maximum absolute atomic E-state index is 6.46. The minimum atomic E-state index is 0.532. The van der Waals surface area contributed by atoms with Crippen molar-refractivity contribution in [1.29, 1.82) is 0 Å². The van der Waals surface area contributed by atoms with E-state index in [-0.39, 0.29) is 0 Å². The Morgan fingerprint density at radius 2 is 1.75 bits per heavy atom. The van der Waals surface area contributed by atoms with Crippen LogP contribution in [-0.2, 0) is 0 Å². The molecule has 3 fully saturated rings. The van der Waals surface area contributed by atoms with Crippen molar-refractivity contribution in [3.05, 3.63) is 0 Å². The summed E-state index contributed by atoms with van der Waals surface area (Å²) in [4.78, 5) is 0. The van der Waals surface area contributed by atoms with Gasteiger partial charge in [-0.3, -0.25) is 0 Å². The third-order valence-electron chi connectivity index (χ3n) is 5.71. The van der Waals surface area contributed by atoms with Crippen molar-refractivity contribution in [1.82, 2.24) is 0 Å². The SMILES string of the molecule is NC(CC1CC2CCC1C2)C1CCCCC1. The molecule has 2 N–H and O–H groups in total. The summed E-state index contributed by atoms with van der Waals surface area (Å²) < 4.78 is 0. The van der Waals surface area contributed by atoms with Crippen molar-refractivity contribution in [2.45, 2.75) is 70.3 Å². The van der Waals surface area contributed by atoms with Crippen molar-refractivity contribution in [3.63, 3.8) is 0 Å².